The van der Waals surface area contributed by atoms with Crippen LogP contribution in [0.4, 0.5) is 5.69 Å². The summed E-state index contributed by atoms with van der Waals surface area (Å²) in [4.78, 5) is 39.6. The number of piperidine rings is 1. The molecule has 3 amide bonds. The van der Waals surface area contributed by atoms with E-state index in [4.69, 9.17) is 5.73 Å². The zero-order chi connectivity index (χ0) is 17.3. The SMILES string of the molecule is NC(=O)C1CCN(C(=O)C2CC(=O)N(c3ccc(Br)cc3)C2)CC1. The molecule has 0 saturated carbocycles. The Morgan fingerprint density at radius 1 is 1.08 bits per heavy atom. The number of rotatable bonds is 3. The number of hydrogen-bond acceptors (Lipinski definition) is 3. The van der Waals surface area contributed by atoms with E-state index in [-0.39, 0.29) is 36.0 Å². The summed E-state index contributed by atoms with van der Waals surface area (Å²) in [6, 6.07) is 7.50. The summed E-state index contributed by atoms with van der Waals surface area (Å²) in [6.07, 6.45) is 1.46. The van der Waals surface area contributed by atoms with Crippen molar-refractivity contribution in [1.82, 2.24) is 4.90 Å². The summed E-state index contributed by atoms with van der Waals surface area (Å²) in [6.45, 7) is 1.49. The molecule has 0 aromatic heterocycles. The van der Waals surface area contributed by atoms with E-state index < -0.39 is 0 Å². The van der Waals surface area contributed by atoms with E-state index in [1.54, 1.807) is 9.80 Å². The Bertz CT molecular complexity index is 654. The lowest BCUT2D eigenvalue weighted by molar-refractivity contribution is -0.138. The minimum Gasteiger partial charge on any atom is -0.369 e. The van der Waals surface area contributed by atoms with Crippen LogP contribution in [0.15, 0.2) is 28.7 Å². The summed E-state index contributed by atoms with van der Waals surface area (Å²) < 4.78 is 0.947. The van der Waals surface area contributed by atoms with Crippen LogP contribution < -0.4 is 10.6 Å². The average molecular weight is 394 g/mol. The van der Waals surface area contributed by atoms with E-state index in [0.29, 0.717) is 32.5 Å². The molecule has 0 aliphatic carbocycles. The van der Waals surface area contributed by atoms with Gasteiger partial charge in [0.05, 0.1) is 5.92 Å². The topological polar surface area (TPSA) is 83.7 Å². The Morgan fingerprint density at radius 2 is 1.71 bits per heavy atom. The summed E-state index contributed by atoms with van der Waals surface area (Å²) in [7, 11) is 0. The molecule has 2 saturated heterocycles. The van der Waals surface area contributed by atoms with Gasteiger partial charge in [-0.1, -0.05) is 15.9 Å². The predicted molar refractivity (Wildman–Crippen MR) is 93.1 cm³/mol. The van der Waals surface area contributed by atoms with Crippen LogP contribution in [0.1, 0.15) is 19.3 Å². The first-order valence-corrected chi connectivity index (χ1v) is 8.89. The van der Waals surface area contributed by atoms with E-state index in [2.05, 4.69) is 15.9 Å². The van der Waals surface area contributed by atoms with Gasteiger partial charge in [0, 0.05) is 42.1 Å². The standard InChI is InChI=1S/C17H20BrN3O3/c18-13-1-3-14(4-2-13)21-10-12(9-15(21)22)17(24)20-7-5-11(6-8-20)16(19)23/h1-4,11-12H,5-10H2,(H2,19,23). The van der Waals surface area contributed by atoms with E-state index >= 15 is 0 Å². The molecule has 2 N–H and O–H groups in total. The Balaban J connectivity index is 1.62. The van der Waals surface area contributed by atoms with Gasteiger partial charge in [0.25, 0.3) is 0 Å². The number of primary amides is 1. The molecule has 128 valence electrons. The number of anilines is 1. The van der Waals surface area contributed by atoms with Crippen LogP contribution in [0.2, 0.25) is 0 Å². The van der Waals surface area contributed by atoms with Crippen molar-refractivity contribution in [1.29, 1.82) is 0 Å². The van der Waals surface area contributed by atoms with Crippen LogP contribution in [-0.4, -0.2) is 42.3 Å². The van der Waals surface area contributed by atoms with Crippen molar-refractivity contribution in [2.24, 2.45) is 17.6 Å². The van der Waals surface area contributed by atoms with Gasteiger partial charge in [-0.05, 0) is 37.1 Å². The minimum atomic E-state index is -0.314. The van der Waals surface area contributed by atoms with Gasteiger partial charge >= 0.3 is 0 Å². The van der Waals surface area contributed by atoms with Gasteiger partial charge < -0.3 is 15.5 Å². The van der Waals surface area contributed by atoms with Crippen molar-refractivity contribution >= 4 is 39.3 Å². The van der Waals surface area contributed by atoms with Gasteiger partial charge in [-0.2, -0.15) is 0 Å². The molecule has 1 atom stereocenters. The molecular formula is C17H20BrN3O3. The Kier molecular flexibility index (Phi) is 4.89. The summed E-state index contributed by atoms with van der Waals surface area (Å²) >= 11 is 3.37. The van der Waals surface area contributed by atoms with Crippen molar-refractivity contribution in [3.8, 4) is 0 Å². The smallest absolute Gasteiger partial charge is 0.228 e. The molecular weight excluding hydrogens is 374 g/mol. The Morgan fingerprint density at radius 3 is 2.29 bits per heavy atom. The highest BCUT2D eigenvalue weighted by atomic mass is 79.9. The number of carbonyl (C=O) groups is 3. The van der Waals surface area contributed by atoms with E-state index in [9.17, 15) is 14.4 Å². The second-order valence-corrected chi connectivity index (χ2v) is 7.30. The molecule has 7 heteroatoms. The van der Waals surface area contributed by atoms with Gasteiger partial charge in [0.15, 0.2) is 0 Å². The molecule has 2 aliphatic rings. The second-order valence-electron chi connectivity index (χ2n) is 6.38. The minimum absolute atomic E-state index is 0.00545. The highest BCUT2D eigenvalue weighted by Gasteiger charge is 2.38. The number of nitrogens with zero attached hydrogens (tertiary/aromatic N) is 2. The van der Waals surface area contributed by atoms with Gasteiger partial charge in [-0.3, -0.25) is 14.4 Å². The summed E-state index contributed by atoms with van der Waals surface area (Å²) in [5, 5.41) is 0. The highest BCUT2D eigenvalue weighted by molar-refractivity contribution is 9.10. The first kappa shape index (κ1) is 17.0. The molecule has 0 spiro atoms. The van der Waals surface area contributed by atoms with Gasteiger partial charge in [-0.15, -0.1) is 0 Å². The van der Waals surface area contributed by atoms with Crippen molar-refractivity contribution in [3.05, 3.63) is 28.7 Å². The maximum absolute atomic E-state index is 12.7. The van der Waals surface area contributed by atoms with Gasteiger partial charge in [0.1, 0.15) is 0 Å². The molecule has 6 nitrogen and oxygen atoms in total. The molecule has 1 unspecified atom stereocenters. The monoisotopic (exact) mass is 393 g/mol. The fourth-order valence-corrected chi connectivity index (χ4v) is 3.65. The fourth-order valence-electron chi connectivity index (χ4n) is 3.39. The lowest BCUT2D eigenvalue weighted by atomic mass is 9.95. The lowest BCUT2D eigenvalue weighted by Gasteiger charge is -2.32. The number of carbonyl (C=O) groups excluding carboxylic acids is 3. The van der Waals surface area contributed by atoms with Crippen molar-refractivity contribution in [2.75, 3.05) is 24.5 Å². The number of nitrogens with two attached hydrogens (primary N) is 1. The first-order chi connectivity index (χ1) is 11.5. The zero-order valence-electron chi connectivity index (χ0n) is 13.3. The summed E-state index contributed by atoms with van der Waals surface area (Å²) in [5.74, 6) is -0.766. The van der Waals surface area contributed by atoms with Crippen LogP contribution >= 0.6 is 15.9 Å². The van der Waals surface area contributed by atoms with Crippen LogP contribution in [0.5, 0.6) is 0 Å². The third-order valence-electron chi connectivity index (χ3n) is 4.82. The molecule has 2 fully saturated rings. The fraction of sp³-hybridized carbons (Fsp3) is 0.471. The van der Waals surface area contributed by atoms with Gasteiger partial charge in [-0.25, -0.2) is 0 Å². The maximum Gasteiger partial charge on any atom is 0.228 e. The molecule has 1 aromatic carbocycles. The molecule has 0 radical (unpaired) electrons. The van der Waals surface area contributed by atoms with Crippen LogP contribution in [0.3, 0.4) is 0 Å². The second kappa shape index (κ2) is 6.93. The van der Waals surface area contributed by atoms with Crippen molar-refractivity contribution in [3.63, 3.8) is 0 Å². The van der Waals surface area contributed by atoms with E-state index in [0.717, 1.165) is 10.2 Å². The van der Waals surface area contributed by atoms with Crippen LogP contribution in [-0.2, 0) is 14.4 Å². The third-order valence-corrected chi connectivity index (χ3v) is 5.35. The Hall–Kier alpha value is -1.89. The van der Waals surface area contributed by atoms with Crippen LogP contribution in [0.25, 0.3) is 0 Å². The Labute approximate surface area is 149 Å². The molecule has 0 bridgehead atoms. The van der Waals surface area contributed by atoms with E-state index in [1.165, 1.54) is 0 Å². The quantitative estimate of drug-likeness (QED) is 0.844. The maximum atomic E-state index is 12.7. The number of hydrogen-bond donors (Lipinski definition) is 1. The third kappa shape index (κ3) is 3.45. The number of benzene rings is 1. The molecule has 24 heavy (non-hydrogen) atoms. The van der Waals surface area contributed by atoms with Crippen molar-refractivity contribution < 1.29 is 14.4 Å². The highest BCUT2D eigenvalue weighted by Crippen LogP contribution is 2.28. The number of likely N-dealkylation sites (tertiary alicyclic amines) is 1. The van der Waals surface area contributed by atoms with Crippen molar-refractivity contribution in [2.45, 2.75) is 19.3 Å². The number of amides is 3. The largest absolute Gasteiger partial charge is 0.369 e. The van der Waals surface area contributed by atoms with Gasteiger partial charge in [0.2, 0.25) is 17.7 Å². The lowest BCUT2D eigenvalue weighted by Crippen LogP contribution is -2.44. The molecule has 2 aliphatic heterocycles. The number of halogens is 1. The summed E-state index contributed by atoms with van der Waals surface area (Å²) in [5.41, 5.74) is 6.14. The average Bonchev–Trinajstić information content (AvgIpc) is 2.97. The van der Waals surface area contributed by atoms with Crippen LogP contribution in [0, 0.1) is 11.8 Å². The predicted octanol–water partition coefficient (Wildman–Crippen LogP) is 1.53. The molecule has 3 rings (SSSR count). The molecule has 2 heterocycles. The normalized spacial score (nSPS) is 22.0. The zero-order valence-corrected chi connectivity index (χ0v) is 14.9. The molecule has 1 aromatic rings. The first-order valence-electron chi connectivity index (χ1n) is 8.09. The van der Waals surface area contributed by atoms with E-state index in [1.807, 2.05) is 24.3 Å².